The van der Waals surface area contributed by atoms with Gasteiger partial charge in [0.25, 0.3) is 0 Å². The summed E-state index contributed by atoms with van der Waals surface area (Å²) >= 11 is 0. The largest absolute Gasteiger partial charge is 0.462 e. The van der Waals surface area contributed by atoms with Crippen LogP contribution >= 0.6 is 0 Å². The number of esters is 3. The Hall–Kier alpha value is -3.17. The Balaban J connectivity index is -0.000000394. The molecular weight excluding hydrogens is 1070 g/mol. The van der Waals surface area contributed by atoms with Crippen molar-refractivity contribution >= 4 is 37.9 Å². The van der Waals surface area contributed by atoms with E-state index in [0.29, 0.717) is 61.2 Å². The van der Waals surface area contributed by atoms with Crippen LogP contribution in [-0.2, 0) is 18.9 Å². The van der Waals surface area contributed by atoms with Gasteiger partial charge in [-0.2, -0.15) is 0 Å². The number of hydrogen-bond acceptors (Lipinski definition) is 16. The predicted octanol–water partition coefficient (Wildman–Crippen LogP) is 4.78. The van der Waals surface area contributed by atoms with Gasteiger partial charge in [0, 0.05) is 126 Å². The fourth-order valence-electron chi connectivity index (χ4n) is 5.49. The van der Waals surface area contributed by atoms with Gasteiger partial charge in [0.15, 0.2) is 5.78 Å². The van der Waals surface area contributed by atoms with Gasteiger partial charge in [0.1, 0.15) is 0 Å². The molecule has 368 valence electrons. The third-order valence-electron chi connectivity index (χ3n) is 9.14. The number of benzene rings is 2. The van der Waals surface area contributed by atoms with Gasteiger partial charge in [-0.3, -0.25) is 9.79 Å². The molecule has 0 atom stereocenters. The molecular formula is C47H79BN2O14U. The average Bonchev–Trinajstić information content (AvgIpc) is 3.60. The number of fused-ring (bicyclic) bond motifs is 1. The van der Waals surface area contributed by atoms with Crippen LogP contribution in [0.2, 0.25) is 0 Å². The Kier molecular flexibility index (Phi) is 46.5. The van der Waals surface area contributed by atoms with Crippen molar-refractivity contribution in [1.82, 2.24) is 4.90 Å². The molecule has 18 heteroatoms. The number of carbonyl (C=O) groups is 4. The molecule has 0 bridgehead atoms. The number of nitrogens with zero attached hydrogens (tertiary/aromatic N) is 2. The van der Waals surface area contributed by atoms with Gasteiger partial charge in [0.2, 0.25) is 0 Å². The van der Waals surface area contributed by atoms with Gasteiger partial charge in [-0.15, -0.1) is 0 Å². The molecule has 0 unspecified atom stereocenters. The zero-order valence-electron chi connectivity index (χ0n) is 39.8. The fourth-order valence-corrected chi connectivity index (χ4v) is 5.49. The van der Waals surface area contributed by atoms with Gasteiger partial charge < -0.3 is 54.5 Å². The quantitative estimate of drug-likeness (QED) is 0.0289. The molecule has 2 heterocycles. The molecule has 16 nitrogen and oxygen atoms in total. The van der Waals surface area contributed by atoms with E-state index in [-0.39, 0.29) is 97.1 Å². The number of aliphatic hydroxyl groups is 6. The van der Waals surface area contributed by atoms with Gasteiger partial charge in [0.05, 0.1) is 42.3 Å². The third-order valence-corrected chi connectivity index (χ3v) is 9.14. The summed E-state index contributed by atoms with van der Waals surface area (Å²) in [6.45, 7) is 7.60. The number of aliphatic imine (C=N–C) groups is 1. The topological polar surface area (TPSA) is 242 Å². The molecule has 2 radical (unpaired) electrons. The maximum atomic E-state index is 11.7. The molecule has 0 spiro atoms. The van der Waals surface area contributed by atoms with E-state index in [1.807, 2.05) is 0 Å². The predicted molar refractivity (Wildman–Crippen MR) is 251 cm³/mol. The first-order chi connectivity index (χ1) is 31.6. The Morgan fingerprint density at radius 2 is 0.892 bits per heavy atom. The molecule has 0 saturated carbocycles. The number of aliphatic hydroxyl groups excluding tert-OH is 6. The number of ketones is 1. The third kappa shape index (κ3) is 35.7. The van der Waals surface area contributed by atoms with Gasteiger partial charge in [-0.05, 0) is 128 Å². The molecule has 2 aliphatic rings. The summed E-state index contributed by atoms with van der Waals surface area (Å²) in [6, 6.07) is 12.5. The van der Waals surface area contributed by atoms with Crippen molar-refractivity contribution in [2.24, 2.45) is 4.99 Å². The number of amidine groups is 1. The van der Waals surface area contributed by atoms with Crippen molar-refractivity contribution in [3.63, 3.8) is 0 Å². The van der Waals surface area contributed by atoms with Crippen LogP contribution in [0.1, 0.15) is 146 Å². The van der Waals surface area contributed by atoms with E-state index in [0.717, 1.165) is 45.1 Å². The number of unbranched alkanes of at least 4 members (excludes halogenated alkanes) is 5. The minimum absolute atomic E-state index is 0. The first-order valence-electron chi connectivity index (χ1n) is 22.9. The van der Waals surface area contributed by atoms with E-state index in [4.69, 9.17) is 50.9 Å². The summed E-state index contributed by atoms with van der Waals surface area (Å²) < 4.78 is 25.3. The van der Waals surface area contributed by atoms with Crippen molar-refractivity contribution in [2.75, 3.05) is 92.8 Å². The summed E-state index contributed by atoms with van der Waals surface area (Å²) in [5, 5.41) is 49.6. The van der Waals surface area contributed by atoms with Crippen LogP contribution in [0.4, 0.5) is 0 Å². The second kappa shape index (κ2) is 47.3. The van der Waals surface area contributed by atoms with E-state index < -0.39 is 11.9 Å². The molecule has 65 heavy (non-hydrogen) atoms. The maximum absolute atomic E-state index is 11.7. The van der Waals surface area contributed by atoms with Crippen molar-refractivity contribution in [2.45, 2.75) is 103 Å². The smallest absolute Gasteiger partial charge is 0.338 e. The zero-order chi connectivity index (χ0) is 48.8. The first-order valence-corrected chi connectivity index (χ1v) is 22.3. The standard InChI is InChI=1S/C16H22O6.C14H18O4.C9H16N2.2C4H10O2.BH.U.H2/c17-9-1-3-11-21-15(19)13-5-7-14(8-6-13)16(20)22-12-4-2-10-18;1-11(15)12-5-7-13(8-6-12)14(16)18-10-4-3-9-17-2;1-2-5-9-10-6-4-8-11(9)7-3-1;2*5-3-1-2-4-6;;;/h5-8,17-18H,1-4,9-12H2;5-8H,3-4,9-10H2,1-2H3;1-8H2;2*5-6H,1-4H2;1H;;1H/i;;;;;1D;;1+1. The van der Waals surface area contributed by atoms with Crippen molar-refractivity contribution < 1.29 is 101 Å². The van der Waals surface area contributed by atoms with E-state index in [9.17, 15) is 19.2 Å². The number of ether oxygens (including phenoxy) is 4. The zero-order valence-corrected chi connectivity index (χ0v) is 43.0. The molecule has 0 aliphatic carbocycles. The van der Waals surface area contributed by atoms with Crippen LogP contribution in [0.5, 0.6) is 0 Å². The van der Waals surface area contributed by atoms with E-state index in [2.05, 4.69) is 18.3 Å². The van der Waals surface area contributed by atoms with Crippen molar-refractivity contribution in [3.8, 4) is 0 Å². The molecule has 2 aliphatic heterocycles. The van der Waals surface area contributed by atoms with Crippen LogP contribution in [-0.4, -0.2) is 168 Å². The molecule has 6 N–H and O–H groups in total. The molecule has 4 rings (SSSR count). The van der Waals surface area contributed by atoms with Crippen LogP contribution in [0.3, 0.4) is 0 Å². The van der Waals surface area contributed by atoms with E-state index in [1.165, 1.54) is 82.2 Å². The Morgan fingerprint density at radius 3 is 1.26 bits per heavy atom. The van der Waals surface area contributed by atoms with Gasteiger partial charge in [-0.25, -0.2) is 14.4 Å². The summed E-state index contributed by atoms with van der Waals surface area (Å²) in [7, 11) is 5.39. The van der Waals surface area contributed by atoms with Crippen LogP contribution in [0.25, 0.3) is 0 Å². The first kappa shape index (κ1) is 63.9. The van der Waals surface area contributed by atoms with E-state index in [1.54, 1.807) is 31.4 Å². The summed E-state index contributed by atoms with van der Waals surface area (Å²) in [4.78, 5) is 53.1. The van der Waals surface area contributed by atoms with Gasteiger partial charge >= 0.3 is 17.9 Å². The van der Waals surface area contributed by atoms with Crippen molar-refractivity contribution in [3.05, 3.63) is 70.8 Å². The Labute approximate surface area is 415 Å². The molecule has 2 aromatic carbocycles. The SMILES string of the molecule is C1CCC2=NCCCN2CC1.COCCCCOC(=O)c1ccc(C(C)=O)cc1.O=C(OCCCCO)c1ccc(C(=O)OCCCCO)cc1.OCCCCO.OCCCCO.[2HH].[2H][B].[U]. The van der Waals surface area contributed by atoms with Crippen LogP contribution in [0.15, 0.2) is 53.5 Å². The van der Waals surface area contributed by atoms with E-state index >= 15 is 0 Å². The van der Waals surface area contributed by atoms with Gasteiger partial charge in [-0.1, -0.05) is 18.6 Å². The molecule has 2 aromatic rings. The maximum Gasteiger partial charge on any atom is 0.338 e. The molecule has 1 saturated heterocycles. The van der Waals surface area contributed by atoms with Crippen LogP contribution in [0, 0.1) is 31.1 Å². The number of rotatable bonds is 23. The van der Waals surface area contributed by atoms with Crippen molar-refractivity contribution in [1.29, 1.82) is 1.34 Å². The number of Topliss-reactive ketones (excluding diaryl/α,β-unsaturated/α-hetero) is 1. The number of methoxy groups -OCH3 is 1. The minimum Gasteiger partial charge on any atom is -0.462 e. The normalized spacial score (nSPS) is 12.3. The molecule has 1 fully saturated rings. The summed E-state index contributed by atoms with van der Waals surface area (Å²) in [5.74, 6) is 0.104. The monoisotopic (exact) mass is 1150 g/mol. The number of hydrogen-bond donors (Lipinski definition) is 6. The molecule has 0 amide bonds. The summed E-state index contributed by atoms with van der Waals surface area (Å²) in [6.07, 6.45) is 13.6. The minimum atomic E-state index is -0.458. The van der Waals surface area contributed by atoms with Crippen LogP contribution < -0.4 is 0 Å². The second-order valence-electron chi connectivity index (χ2n) is 14.4. The Morgan fingerprint density at radius 1 is 0.554 bits per heavy atom. The Bertz CT molecular complexity index is 1440. The molecule has 0 aromatic heterocycles. The average molecular weight is 1150 g/mol. The summed E-state index contributed by atoms with van der Waals surface area (Å²) in [5.41, 5.74) is 1.78. The fraction of sp³-hybridized carbons (Fsp3) is 0.638. The second-order valence-corrected chi connectivity index (χ2v) is 14.4. The number of carbonyl (C=O) groups excluding carboxylic acids is 4.